The highest BCUT2D eigenvalue weighted by molar-refractivity contribution is 5.98. The largest absolute Gasteiger partial charge is 0.495 e. The van der Waals surface area contributed by atoms with Crippen molar-refractivity contribution in [2.45, 2.75) is 0 Å². The van der Waals surface area contributed by atoms with Crippen LogP contribution in [-0.4, -0.2) is 22.1 Å². The van der Waals surface area contributed by atoms with E-state index in [2.05, 4.69) is 15.0 Å². The number of nitrogens with zero attached hydrogens (tertiary/aromatic N) is 1. The van der Waals surface area contributed by atoms with Crippen molar-refractivity contribution in [2.24, 2.45) is 0 Å². The smallest absolute Gasteiger partial charge is 0.275 e. The average Bonchev–Trinajstić information content (AvgIpc) is 2.98. The number of hydrogen-bond donors (Lipinski definition) is 2. The molecule has 5 heteroatoms. The lowest BCUT2D eigenvalue weighted by Crippen LogP contribution is -2.11. The minimum absolute atomic E-state index is 0.206. The molecule has 0 aliphatic rings. The molecule has 2 aromatic carbocycles. The minimum Gasteiger partial charge on any atom is -0.495 e. The van der Waals surface area contributed by atoms with Crippen molar-refractivity contribution in [1.29, 1.82) is 0 Å². The highest BCUT2D eigenvalue weighted by Gasteiger charge is 2.14. The lowest BCUT2D eigenvalue weighted by Gasteiger charge is -2.03. The molecule has 22 heavy (non-hydrogen) atoms. The first-order valence-corrected chi connectivity index (χ1v) is 6.91. The molecular weight excluding hydrogens is 278 g/mol. The van der Waals surface area contributed by atoms with Gasteiger partial charge in [0.15, 0.2) is 0 Å². The van der Waals surface area contributed by atoms with E-state index >= 15 is 0 Å². The summed E-state index contributed by atoms with van der Waals surface area (Å²) in [4.78, 5) is 22.9. The Hall–Kier alpha value is -3.08. The second-order valence-corrected chi connectivity index (χ2v) is 5.02. The van der Waals surface area contributed by atoms with E-state index in [1.807, 2.05) is 42.5 Å². The number of H-pyrrole nitrogens is 2. The Labute approximate surface area is 125 Å². The van der Waals surface area contributed by atoms with Crippen molar-refractivity contribution in [2.75, 3.05) is 7.11 Å². The number of rotatable bonds is 2. The molecule has 2 aromatic heterocycles. The van der Waals surface area contributed by atoms with Crippen LogP contribution in [0.25, 0.3) is 33.2 Å². The number of para-hydroxylation sites is 3. The average molecular weight is 291 g/mol. The van der Waals surface area contributed by atoms with Crippen LogP contribution >= 0.6 is 0 Å². The van der Waals surface area contributed by atoms with E-state index in [1.54, 1.807) is 13.3 Å². The maximum Gasteiger partial charge on any atom is 0.275 e. The van der Waals surface area contributed by atoms with Crippen molar-refractivity contribution in [1.82, 2.24) is 15.0 Å². The van der Waals surface area contributed by atoms with Gasteiger partial charge in [-0.3, -0.25) is 4.79 Å². The van der Waals surface area contributed by atoms with Crippen molar-refractivity contribution in [3.05, 3.63) is 59.0 Å². The Morgan fingerprint density at radius 1 is 1.09 bits per heavy atom. The lowest BCUT2D eigenvalue weighted by atomic mass is 10.1. The molecule has 0 unspecified atom stereocenters. The summed E-state index contributed by atoms with van der Waals surface area (Å²) in [6.45, 7) is 0. The summed E-state index contributed by atoms with van der Waals surface area (Å²) in [7, 11) is 1.62. The van der Waals surface area contributed by atoms with Crippen LogP contribution in [0, 0.1) is 0 Å². The van der Waals surface area contributed by atoms with Gasteiger partial charge in [-0.2, -0.15) is 0 Å². The van der Waals surface area contributed by atoms with Gasteiger partial charge in [-0.25, -0.2) is 4.98 Å². The molecule has 0 bridgehead atoms. The summed E-state index contributed by atoms with van der Waals surface area (Å²) in [5.74, 6) is 0.737. The number of aromatic amines is 2. The lowest BCUT2D eigenvalue weighted by molar-refractivity contribution is 0.419. The zero-order valence-electron chi connectivity index (χ0n) is 11.9. The number of hydrogen-bond acceptors (Lipinski definition) is 3. The molecule has 4 rings (SSSR count). The van der Waals surface area contributed by atoms with Crippen LogP contribution in [0.3, 0.4) is 0 Å². The first-order valence-electron chi connectivity index (χ1n) is 6.91. The van der Waals surface area contributed by atoms with Gasteiger partial charge in [-0.05, 0) is 18.2 Å². The fourth-order valence-corrected chi connectivity index (χ4v) is 2.70. The van der Waals surface area contributed by atoms with Gasteiger partial charge in [0.25, 0.3) is 5.56 Å². The Morgan fingerprint density at radius 3 is 2.82 bits per heavy atom. The molecule has 0 atom stereocenters. The summed E-state index contributed by atoms with van der Waals surface area (Å²) >= 11 is 0. The van der Waals surface area contributed by atoms with Crippen molar-refractivity contribution >= 4 is 21.9 Å². The molecule has 0 aliphatic carbocycles. The van der Waals surface area contributed by atoms with Crippen LogP contribution < -0.4 is 10.3 Å². The Balaban J connectivity index is 2.03. The SMILES string of the molecule is COc1cccc2c(-c3nc4ccccc4[nH]c3=O)c[nH]c12. The fourth-order valence-electron chi connectivity index (χ4n) is 2.70. The molecule has 0 fully saturated rings. The molecule has 0 spiro atoms. The van der Waals surface area contributed by atoms with E-state index in [0.29, 0.717) is 5.69 Å². The first-order chi connectivity index (χ1) is 10.8. The topological polar surface area (TPSA) is 70.8 Å². The maximum absolute atomic E-state index is 12.4. The van der Waals surface area contributed by atoms with Gasteiger partial charge in [0, 0.05) is 17.1 Å². The monoisotopic (exact) mass is 291 g/mol. The zero-order chi connectivity index (χ0) is 15.1. The van der Waals surface area contributed by atoms with E-state index in [1.165, 1.54) is 0 Å². The summed E-state index contributed by atoms with van der Waals surface area (Å²) in [5.41, 5.74) is 3.30. The number of fused-ring (bicyclic) bond motifs is 2. The predicted octanol–water partition coefficient (Wildman–Crippen LogP) is 3.08. The molecule has 108 valence electrons. The predicted molar refractivity (Wildman–Crippen MR) is 86.2 cm³/mol. The van der Waals surface area contributed by atoms with E-state index in [9.17, 15) is 4.79 Å². The second-order valence-electron chi connectivity index (χ2n) is 5.02. The summed E-state index contributed by atoms with van der Waals surface area (Å²) in [5, 5.41) is 0.910. The summed E-state index contributed by atoms with van der Waals surface area (Å²) in [6, 6.07) is 13.2. The third kappa shape index (κ3) is 1.79. The Kier molecular flexibility index (Phi) is 2.72. The van der Waals surface area contributed by atoms with Crippen LogP contribution in [-0.2, 0) is 0 Å². The number of methoxy groups -OCH3 is 1. The highest BCUT2D eigenvalue weighted by Crippen LogP contribution is 2.31. The second kappa shape index (κ2) is 4.73. The van der Waals surface area contributed by atoms with E-state index in [4.69, 9.17) is 4.74 Å². The molecular formula is C17H13N3O2. The quantitative estimate of drug-likeness (QED) is 0.596. The van der Waals surface area contributed by atoms with Gasteiger partial charge in [0.1, 0.15) is 11.4 Å². The van der Waals surface area contributed by atoms with E-state index in [-0.39, 0.29) is 5.56 Å². The molecule has 5 nitrogen and oxygen atoms in total. The van der Waals surface area contributed by atoms with Gasteiger partial charge in [0.05, 0.1) is 23.7 Å². The number of aromatic nitrogens is 3. The number of ether oxygens (including phenoxy) is 1. The number of benzene rings is 2. The van der Waals surface area contributed by atoms with Gasteiger partial charge < -0.3 is 14.7 Å². The molecule has 0 radical (unpaired) electrons. The van der Waals surface area contributed by atoms with Crippen molar-refractivity contribution < 1.29 is 4.74 Å². The molecule has 0 aliphatic heterocycles. The van der Waals surface area contributed by atoms with Crippen LogP contribution in [0.15, 0.2) is 53.5 Å². The van der Waals surface area contributed by atoms with Gasteiger partial charge >= 0.3 is 0 Å². The Bertz CT molecular complexity index is 1050. The molecule has 2 N–H and O–H groups in total. The fraction of sp³-hybridized carbons (Fsp3) is 0.0588. The molecule has 0 saturated heterocycles. The zero-order valence-corrected chi connectivity index (χ0v) is 11.9. The van der Waals surface area contributed by atoms with E-state index < -0.39 is 0 Å². The maximum atomic E-state index is 12.4. The van der Waals surface area contributed by atoms with Crippen LogP contribution in [0.2, 0.25) is 0 Å². The number of nitrogens with one attached hydrogen (secondary N) is 2. The third-order valence-corrected chi connectivity index (χ3v) is 3.75. The van der Waals surface area contributed by atoms with E-state index in [0.717, 1.165) is 33.2 Å². The van der Waals surface area contributed by atoms with Crippen LogP contribution in [0.5, 0.6) is 5.75 Å². The van der Waals surface area contributed by atoms with Gasteiger partial charge in [-0.1, -0.05) is 24.3 Å². The normalized spacial score (nSPS) is 11.1. The molecule has 4 aromatic rings. The summed E-state index contributed by atoms with van der Waals surface area (Å²) < 4.78 is 5.34. The van der Waals surface area contributed by atoms with Crippen LogP contribution in [0.4, 0.5) is 0 Å². The van der Waals surface area contributed by atoms with Crippen molar-refractivity contribution in [3.8, 4) is 17.0 Å². The molecule has 0 amide bonds. The first kappa shape index (κ1) is 12.6. The standard InChI is InChI=1S/C17H13N3O2/c1-22-14-8-4-5-10-11(9-18-15(10)14)16-17(21)20-13-7-3-2-6-12(13)19-16/h2-9,18H,1H3,(H,20,21). The highest BCUT2D eigenvalue weighted by atomic mass is 16.5. The third-order valence-electron chi connectivity index (χ3n) is 3.75. The van der Waals surface area contributed by atoms with Crippen LogP contribution in [0.1, 0.15) is 0 Å². The van der Waals surface area contributed by atoms with Gasteiger partial charge in [-0.15, -0.1) is 0 Å². The Morgan fingerprint density at radius 2 is 1.95 bits per heavy atom. The summed E-state index contributed by atoms with van der Waals surface area (Å²) in [6.07, 6.45) is 1.79. The molecule has 0 saturated carbocycles. The van der Waals surface area contributed by atoms with Gasteiger partial charge in [0.2, 0.25) is 0 Å². The molecule has 2 heterocycles. The minimum atomic E-state index is -0.206. The van der Waals surface area contributed by atoms with Crippen molar-refractivity contribution in [3.63, 3.8) is 0 Å².